The molecule has 0 spiro atoms. The molecule has 1 aliphatic carbocycles. The van der Waals surface area contributed by atoms with Crippen molar-refractivity contribution in [1.82, 2.24) is 10.2 Å². The van der Waals surface area contributed by atoms with Crippen molar-refractivity contribution in [2.45, 2.75) is 58.7 Å². The average Bonchev–Trinajstić information content (AvgIpc) is 2.68. The van der Waals surface area contributed by atoms with E-state index in [1.54, 1.807) is 0 Å². The summed E-state index contributed by atoms with van der Waals surface area (Å²) in [6.07, 6.45) is 8.66. The first kappa shape index (κ1) is 19.8. The molecule has 1 aromatic rings. The lowest BCUT2D eigenvalue weighted by molar-refractivity contribution is -0.123. The molecule has 1 unspecified atom stereocenters. The number of benzene rings is 1. The van der Waals surface area contributed by atoms with Gasteiger partial charge >= 0.3 is 0 Å². The molecule has 1 aromatic carbocycles. The molecule has 0 bridgehead atoms. The summed E-state index contributed by atoms with van der Waals surface area (Å²) in [5.41, 5.74) is 11.0. The molecule has 2 aliphatic rings. The van der Waals surface area contributed by atoms with Gasteiger partial charge in [0.1, 0.15) is 0 Å². The molecule has 27 heavy (non-hydrogen) atoms. The molecule has 0 radical (unpaired) electrons. The smallest absolute Gasteiger partial charge is 0.220 e. The minimum atomic E-state index is -0.143. The van der Waals surface area contributed by atoms with Gasteiger partial charge in [-0.1, -0.05) is 47.6 Å². The standard InChI is InChI=1S/C23H33N3O/c1-17-3-9-21(10-4-17)18(2)25-15-19-5-7-20(8-6-19)16-26-13-11-22(12-14-26)23(24)27/h3,5-9,18,22,25H,4,10-16H2,1-2H3,(H2,24,27). The number of allylic oxidation sites excluding steroid dienone is 3. The maximum absolute atomic E-state index is 11.3. The fourth-order valence-electron chi connectivity index (χ4n) is 3.92. The van der Waals surface area contributed by atoms with E-state index in [1.165, 1.54) is 35.1 Å². The predicted molar refractivity (Wildman–Crippen MR) is 111 cm³/mol. The zero-order valence-electron chi connectivity index (χ0n) is 16.7. The van der Waals surface area contributed by atoms with Gasteiger partial charge in [-0.15, -0.1) is 0 Å². The number of hydrogen-bond acceptors (Lipinski definition) is 3. The highest BCUT2D eigenvalue weighted by atomic mass is 16.1. The number of likely N-dealkylation sites (tertiary alicyclic amines) is 1. The number of amides is 1. The molecule has 1 heterocycles. The Hall–Kier alpha value is -1.91. The Morgan fingerprint density at radius 1 is 1.15 bits per heavy atom. The van der Waals surface area contributed by atoms with Crippen LogP contribution in [0.2, 0.25) is 0 Å². The second-order valence-corrected chi connectivity index (χ2v) is 8.13. The number of nitrogens with zero attached hydrogens (tertiary/aromatic N) is 1. The number of carbonyl (C=O) groups is 1. The molecular weight excluding hydrogens is 334 g/mol. The van der Waals surface area contributed by atoms with Crippen molar-refractivity contribution in [3.05, 3.63) is 58.7 Å². The number of carbonyl (C=O) groups excluding carboxylic acids is 1. The van der Waals surface area contributed by atoms with Crippen LogP contribution >= 0.6 is 0 Å². The Morgan fingerprint density at radius 3 is 2.41 bits per heavy atom. The summed E-state index contributed by atoms with van der Waals surface area (Å²) in [5, 5.41) is 3.65. The molecule has 1 fully saturated rings. The van der Waals surface area contributed by atoms with Crippen LogP contribution in [0, 0.1) is 5.92 Å². The molecule has 1 saturated heterocycles. The highest BCUT2D eigenvalue weighted by Gasteiger charge is 2.22. The lowest BCUT2D eigenvalue weighted by Crippen LogP contribution is -2.38. The second kappa shape index (κ2) is 9.34. The molecule has 4 nitrogen and oxygen atoms in total. The molecule has 3 N–H and O–H groups in total. The Labute approximate surface area is 163 Å². The maximum atomic E-state index is 11.3. The number of hydrogen-bond donors (Lipinski definition) is 2. The summed E-state index contributed by atoms with van der Waals surface area (Å²) >= 11 is 0. The SMILES string of the molecule is CC1=CC=C(C(C)NCc2ccc(CN3CCC(C(N)=O)CC3)cc2)CC1. The van der Waals surface area contributed by atoms with Gasteiger partial charge in [0, 0.05) is 25.0 Å². The molecule has 1 atom stereocenters. The summed E-state index contributed by atoms with van der Waals surface area (Å²) in [4.78, 5) is 13.7. The monoisotopic (exact) mass is 367 g/mol. The van der Waals surface area contributed by atoms with Gasteiger partial charge in [-0.2, -0.15) is 0 Å². The van der Waals surface area contributed by atoms with Crippen LogP contribution in [0.4, 0.5) is 0 Å². The van der Waals surface area contributed by atoms with Crippen LogP contribution in [0.5, 0.6) is 0 Å². The molecule has 1 aliphatic heterocycles. The van der Waals surface area contributed by atoms with E-state index in [1.807, 2.05) is 0 Å². The zero-order valence-corrected chi connectivity index (χ0v) is 16.7. The third kappa shape index (κ3) is 5.78. The van der Waals surface area contributed by atoms with Gasteiger partial charge in [0.25, 0.3) is 0 Å². The van der Waals surface area contributed by atoms with Crippen LogP contribution in [-0.2, 0) is 17.9 Å². The van der Waals surface area contributed by atoms with Crippen molar-refractivity contribution in [3.63, 3.8) is 0 Å². The van der Waals surface area contributed by atoms with Crippen LogP contribution in [0.25, 0.3) is 0 Å². The first-order valence-corrected chi connectivity index (χ1v) is 10.2. The van der Waals surface area contributed by atoms with E-state index in [4.69, 9.17) is 5.73 Å². The molecule has 0 aromatic heterocycles. The van der Waals surface area contributed by atoms with Crippen molar-refractivity contribution >= 4 is 5.91 Å². The van der Waals surface area contributed by atoms with Gasteiger partial charge in [-0.25, -0.2) is 0 Å². The maximum Gasteiger partial charge on any atom is 0.220 e. The number of primary amides is 1. The molecule has 4 heteroatoms. The first-order chi connectivity index (χ1) is 13.0. The van der Waals surface area contributed by atoms with Crippen LogP contribution in [0.1, 0.15) is 50.7 Å². The lowest BCUT2D eigenvalue weighted by atomic mass is 9.95. The van der Waals surface area contributed by atoms with E-state index >= 15 is 0 Å². The van der Waals surface area contributed by atoms with Crippen LogP contribution in [0.15, 0.2) is 47.6 Å². The van der Waals surface area contributed by atoms with Gasteiger partial charge in [-0.3, -0.25) is 9.69 Å². The number of piperidine rings is 1. The minimum Gasteiger partial charge on any atom is -0.369 e. The van der Waals surface area contributed by atoms with Crippen LogP contribution in [0.3, 0.4) is 0 Å². The summed E-state index contributed by atoms with van der Waals surface area (Å²) in [7, 11) is 0. The first-order valence-electron chi connectivity index (χ1n) is 10.2. The van der Waals surface area contributed by atoms with Crippen LogP contribution in [-0.4, -0.2) is 29.9 Å². The van der Waals surface area contributed by atoms with Crippen molar-refractivity contribution < 1.29 is 4.79 Å². The van der Waals surface area contributed by atoms with Gasteiger partial charge in [0.05, 0.1) is 0 Å². The highest BCUT2D eigenvalue weighted by Crippen LogP contribution is 2.21. The fraction of sp³-hybridized carbons (Fsp3) is 0.522. The van der Waals surface area contributed by atoms with Gasteiger partial charge in [-0.05, 0) is 63.7 Å². The Balaban J connectivity index is 1.44. The van der Waals surface area contributed by atoms with Crippen molar-refractivity contribution in [2.24, 2.45) is 11.7 Å². The number of rotatable bonds is 7. The largest absolute Gasteiger partial charge is 0.369 e. The molecule has 1 amide bonds. The third-order valence-electron chi connectivity index (χ3n) is 5.98. The summed E-state index contributed by atoms with van der Waals surface area (Å²) in [6, 6.07) is 9.33. The average molecular weight is 368 g/mol. The number of nitrogens with one attached hydrogen (secondary N) is 1. The van der Waals surface area contributed by atoms with Crippen molar-refractivity contribution in [2.75, 3.05) is 13.1 Å². The third-order valence-corrected chi connectivity index (χ3v) is 5.98. The molecule has 0 saturated carbocycles. The van der Waals surface area contributed by atoms with Crippen molar-refractivity contribution in [1.29, 1.82) is 0 Å². The summed E-state index contributed by atoms with van der Waals surface area (Å²) < 4.78 is 0. The molecule has 146 valence electrons. The second-order valence-electron chi connectivity index (χ2n) is 8.13. The molecular formula is C23H33N3O. The van der Waals surface area contributed by atoms with Gasteiger partial charge < -0.3 is 11.1 Å². The van der Waals surface area contributed by atoms with E-state index < -0.39 is 0 Å². The minimum absolute atomic E-state index is 0.0652. The summed E-state index contributed by atoms with van der Waals surface area (Å²) in [5.74, 6) is -0.0775. The highest BCUT2D eigenvalue weighted by molar-refractivity contribution is 5.76. The fourth-order valence-corrected chi connectivity index (χ4v) is 3.92. The quantitative estimate of drug-likeness (QED) is 0.775. The zero-order chi connectivity index (χ0) is 19.2. The van der Waals surface area contributed by atoms with Crippen molar-refractivity contribution in [3.8, 4) is 0 Å². The predicted octanol–water partition coefficient (Wildman–Crippen LogP) is 3.53. The van der Waals surface area contributed by atoms with E-state index in [-0.39, 0.29) is 11.8 Å². The van der Waals surface area contributed by atoms with Gasteiger partial charge in [0.15, 0.2) is 0 Å². The Bertz CT molecular complexity index is 697. The van der Waals surface area contributed by atoms with Crippen LogP contribution < -0.4 is 11.1 Å². The van der Waals surface area contributed by atoms with E-state index in [0.29, 0.717) is 6.04 Å². The molecule has 3 rings (SSSR count). The summed E-state index contributed by atoms with van der Waals surface area (Å²) in [6.45, 7) is 8.21. The normalized spacial score (nSPS) is 20.1. The Morgan fingerprint density at radius 2 is 1.81 bits per heavy atom. The number of nitrogens with two attached hydrogens (primary N) is 1. The van der Waals surface area contributed by atoms with E-state index in [9.17, 15) is 4.79 Å². The van der Waals surface area contributed by atoms with E-state index in [0.717, 1.165) is 39.0 Å². The van der Waals surface area contributed by atoms with Gasteiger partial charge in [0.2, 0.25) is 5.91 Å². The Kier molecular flexibility index (Phi) is 6.86. The lowest BCUT2D eigenvalue weighted by Gasteiger charge is -2.30. The van der Waals surface area contributed by atoms with E-state index in [2.05, 4.69) is 60.5 Å². The topological polar surface area (TPSA) is 58.4 Å².